The summed E-state index contributed by atoms with van der Waals surface area (Å²) in [6.45, 7) is 16.8. The van der Waals surface area contributed by atoms with Crippen LogP contribution in [0.3, 0.4) is 0 Å². The number of phosphoric ester groups is 1. The predicted molar refractivity (Wildman–Crippen MR) is 204 cm³/mol. The molecule has 1 aliphatic rings. The highest BCUT2D eigenvalue weighted by atomic mass is 35.5. The van der Waals surface area contributed by atoms with Gasteiger partial charge < -0.3 is 11.1 Å². The van der Waals surface area contributed by atoms with E-state index in [1.165, 1.54) is 4.88 Å². The maximum absolute atomic E-state index is 13.6. The Morgan fingerprint density at radius 3 is 2.35 bits per heavy atom. The van der Waals surface area contributed by atoms with Crippen LogP contribution in [0.5, 0.6) is 0 Å². The molecule has 0 fully saturated rings. The number of hydrogen-bond donors (Lipinski definition) is 2. The third kappa shape index (κ3) is 10.0. The molecule has 5 rings (SSSR count). The van der Waals surface area contributed by atoms with Crippen molar-refractivity contribution < 1.29 is 22.9 Å². The zero-order valence-electron chi connectivity index (χ0n) is 30.7. The van der Waals surface area contributed by atoms with Gasteiger partial charge in [0.25, 0.3) is 0 Å². The number of thiophene rings is 1. The van der Waals surface area contributed by atoms with Gasteiger partial charge in [-0.2, -0.15) is 0 Å². The second kappa shape index (κ2) is 15.4. The lowest BCUT2D eigenvalue weighted by Crippen LogP contribution is -2.29. The Balaban J connectivity index is 1.29. The first-order chi connectivity index (χ1) is 23.8. The molecule has 0 aliphatic carbocycles. The minimum atomic E-state index is -3.87. The largest absolute Gasteiger partial charge is 0.475 e. The SMILES string of the molecule is Cc1sc2c(c1C)C(c1ccc(Cl)cc1)=N[C@@H](CC(=O)Nc1cccc(CCC(N)COP(=O)(OC(C)(C)C)OC(C)(C)C)c1)c1nnc(C)n1-2. The van der Waals surface area contributed by atoms with Crippen molar-refractivity contribution in [3.05, 3.63) is 92.3 Å². The molecule has 0 saturated carbocycles. The number of benzene rings is 2. The van der Waals surface area contributed by atoms with Gasteiger partial charge in [0.2, 0.25) is 5.91 Å². The number of carbonyl (C=O) groups is 1. The summed E-state index contributed by atoms with van der Waals surface area (Å²) in [6.07, 6.45) is 1.21. The summed E-state index contributed by atoms with van der Waals surface area (Å²) in [6, 6.07) is 14.2. The molecule has 0 bridgehead atoms. The van der Waals surface area contributed by atoms with Gasteiger partial charge in [-0.3, -0.25) is 27.9 Å². The predicted octanol–water partition coefficient (Wildman–Crippen LogP) is 8.84. The quantitative estimate of drug-likeness (QED) is 0.137. The van der Waals surface area contributed by atoms with E-state index in [0.717, 1.165) is 38.8 Å². The first-order valence-corrected chi connectivity index (χ1v) is 19.6. The van der Waals surface area contributed by atoms with Crippen molar-refractivity contribution >= 4 is 48.1 Å². The summed E-state index contributed by atoms with van der Waals surface area (Å²) in [5.74, 6) is 1.14. The van der Waals surface area contributed by atoms with E-state index >= 15 is 0 Å². The molecule has 1 aliphatic heterocycles. The monoisotopic (exact) mass is 754 g/mol. The van der Waals surface area contributed by atoms with E-state index in [2.05, 4.69) is 29.4 Å². The highest BCUT2D eigenvalue weighted by Crippen LogP contribution is 2.55. The minimum Gasteiger partial charge on any atom is -0.326 e. The van der Waals surface area contributed by atoms with Crippen molar-refractivity contribution in [1.82, 2.24) is 14.8 Å². The van der Waals surface area contributed by atoms with Crippen molar-refractivity contribution in [1.29, 1.82) is 0 Å². The summed E-state index contributed by atoms with van der Waals surface area (Å²) >= 11 is 7.90. The fraction of sp³-hybridized carbons (Fsp3) is 0.459. The van der Waals surface area contributed by atoms with Crippen molar-refractivity contribution in [3.63, 3.8) is 0 Å². The molecule has 14 heteroatoms. The van der Waals surface area contributed by atoms with Crippen LogP contribution in [0.1, 0.15) is 99.2 Å². The molecule has 3 N–H and O–H groups in total. The molecule has 1 amide bonds. The maximum Gasteiger partial charge on any atom is 0.475 e. The molecular formula is C37H48ClN6O5PS. The number of nitrogens with zero attached hydrogens (tertiary/aromatic N) is 4. The molecule has 1 unspecified atom stereocenters. The number of aliphatic imine (C=N–C) groups is 1. The highest BCUT2D eigenvalue weighted by Gasteiger charge is 2.37. The van der Waals surface area contributed by atoms with Crippen molar-refractivity contribution in [3.8, 4) is 5.00 Å². The summed E-state index contributed by atoms with van der Waals surface area (Å²) < 4.78 is 32.5. The molecule has 2 aromatic heterocycles. The molecular weight excluding hydrogens is 707 g/mol. The van der Waals surface area contributed by atoms with Crippen LogP contribution >= 0.6 is 30.8 Å². The molecule has 0 spiro atoms. The van der Waals surface area contributed by atoms with E-state index < -0.39 is 31.1 Å². The highest BCUT2D eigenvalue weighted by molar-refractivity contribution is 7.48. The fourth-order valence-electron chi connectivity index (χ4n) is 5.69. The van der Waals surface area contributed by atoms with E-state index in [9.17, 15) is 9.36 Å². The van der Waals surface area contributed by atoms with Crippen LogP contribution in [-0.4, -0.2) is 50.2 Å². The molecule has 3 heterocycles. The number of fused-ring (bicyclic) bond motifs is 3. The molecule has 2 atom stereocenters. The van der Waals surface area contributed by atoms with Gasteiger partial charge in [-0.05, 0) is 111 Å². The van der Waals surface area contributed by atoms with Gasteiger partial charge in [0.1, 0.15) is 16.9 Å². The van der Waals surface area contributed by atoms with Gasteiger partial charge in [0, 0.05) is 32.8 Å². The first-order valence-electron chi connectivity index (χ1n) is 17.0. The van der Waals surface area contributed by atoms with Crippen LogP contribution in [0.2, 0.25) is 5.02 Å². The summed E-state index contributed by atoms with van der Waals surface area (Å²) in [5, 5.41) is 13.6. The molecule has 51 heavy (non-hydrogen) atoms. The lowest BCUT2D eigenvalue weighted by atomic mass is 9.99. The van der Waals surface area contributed by atoms with Gasteiger partial charge in [0.15, 0.2) is 5.82 Å². The average molecular weight is 755 g/mol. The van der Waals surface area contributed by atoms with E-state index in [1.807, 2.05) is 60.0 Å². The normalized spacial score (nSPS) is 15.5. The lowest BCUT2D eigenvalue weighted by molar-refractivity contribution is -0.116. The van der Waals surface area contributed by atoms with Crippen molar-refractivity contribution in [2.75, 3.05) is 11.9 Å². The van der Waals surface area contributed by atoms with Crippen LogP contribution < -0.4 is 11.1 Å². The first kappa shape index (κ1) is 39.0. The second-order valence-electron chi connectivity index (χ2n) is 14.8. The van der Waals surface area contributed by atoms with Crippen LogP contribution in [-0.2, 0) is 29.4 Å². The fourth-order valence-corrected chi connectivity index (χ4v) is 8.89. The minimum absolute atomic E-state index is 0.00442. The number of hydrogen-bond acceptors (Lipinski definition) is 10. The number of amides is 1. The van der Waals surface area contributed by atoms with E-state index in [-0.39, 0.29) is 18.9 Å². The van der Waals surface area contributed by atoms with Crippen molar-refractivity contribution in [2.45, 2.75) is 105 Å². The van der Waals surface area contributed by atoms with Gasteiger partial charge in [-0.25, -0.2) is 4.57 Å². The summed E-state index contributed by atoms with van der Waals surface area (Å²) in [7, 11) is -3.87. The van der Waals surface area contributed by atoms with Gasteiger partial charge in [0.05, 0.1) is 29.9 Å². The smallest absolute Gasteiger partial charge is 0.326 e. The molecule has 0 radical (unpaired) electrons. The Morgan fingerprint density at radius 1 is 1.04 bits per heavy atom. The summed E-state index contributed by atoms with van der Waals surface area (Å²) in [5.41, 5.74) is 10.4. The standard InChI is InChI=1S/C37H48ClN6O5PS/c1-22-23(2)51-35-32(22)33(26-14-16-27(38)17-15-26)41-30(34-43-42-24(3)44(34)35)20-31(45)40-29-12-10-11-25(19-29)13-18-28(39)21-47-50(46,48-36(4,5)6)49-37(7,8)9/h10-12,14-17,19,28,30H,13,18,20-21,39H2,1-9H3,(H,40,45)/t28?,30-/m0/s1. The van der Waals surface area contributed by atoms with Gasteiger partial charge in [-0.1, -0.05) is 35.9 Å². The Labute approximate surface area is 309 Å². The van der Waals surface area contributed by atoms with Crippen molar-refractivity contribution in [2.24, 2.45) is 10.7 Å². The number of anilines is 1. The number of rotatable bonds is 12. The molecule has 4 aromatic rings. The Kier molecular flexibility index (Phi) is 11.8. The lowest BCUT2D eigenvalue weighted by Gasteiger charge is -2.31. The zero-order valence-corrected chi connectivity index (χ0v) is 33.2. The molecule has 0 saturated heterocycles. The van der Waals surface area contributed by atoms with Gasteiger partial charge >= 0.3 is 7.82 Å². The third-order valence-electron chi connectivity index (χ3n) is 7.97. The van der Waals surface area contributed by atoms with Gasteiger partial charge in [-0.15, -0.1) is 21.5 Å². The maximum atomic E-state index is 13.6. The molecule has 2 aromatic carbocycles. The van der Waals surface area contributed by atoms with Crippen LogP contribution in [0, 0.1) is 20.8 Å². The number of aromatic nitrogens is 3. The summed E-state index contributed by atoms with van der Waals surface area (Å²) in [4.78, 5) is 20.0. The van der Waals surface area contributed by atoms with Crippen LogP contribution in [0.25, 0.3) is 5.00 Å². The van der Waals surface area contributed by atoms with E-state index in [1.54, 1.807) is 52.9 Å². The molecule has 11 nitrogen and oxygen atoms in total. The Hall–Kier alpha value is -3.22. The number of halogens is 1. The molecule has 274 valence electrons. The number of phosphoric acid groups is 1. The third-order valence-corrected chi connectivity index (χ3v) is 11.4. The second-order valence-corrected chi connectivity index (χ2v) is 18.0. The Bertz CT molecular complexity index is 1940. The number of aryl methyl sites for hydroxylation is 3. The van der Waals surface area contributed by atoms with E-state index in [4.69, 9.17) is 35.9 Å². The number of nitrogens with two attached hydrogens (primary N) is 1. The Morgan fingerprint density at radius 2 is 1.71 bits per heavy atom. The topological polar surface area (TPSA) is 143 Å². The van der Waals surface area contributed by atoms with Crippen LogP contribution in [0.15, 0.2) is 53.5 Å². The number of carbonyl (C=O) groups excluding carboxylic acids is 1. The van der Waals surface area contributed by atoms with E-state index in [0.29, 0.717) is 29.4 Å². The zero-order chi connectivity index (χ0) is 37.3. The number of nitrogens with one attached hydrogen (secondary N) is 1. The van der Waals surface area contributed by atoms with Crippen LogP contribution in [0.4, 0.5) is 5.69 Å². The average Bonchev–Trinajstić information content (AvgIpc) is 3.49.